The number of nitrogens with zero attached hydrogens (tertiary/aromatic N) is 1. The Morgan fingerprint density at radius 3 is 2.86 bits per heavy atom. The minimum Gasteiger partial charge on any atom is -0.309 e. The van der Waals surface area contributed by atoms with Crippen molar-refractivity contribution >= 4 is 11.3 Å². The van der Waals surface area contributed by atoms with Crippen LogP contribution in [0.5, 0.6) is 0 Å². The van der Waals surface area contributed by atoms with Gasteiger partial charge in [-0.25, -0.2) is 4.98 Å². The van der Waals surface area contributed by atoms with Crippen LogP contribution in [0.2, 0.25) is 0 Å². The molecule has 0 aromatic carbocycles. The van der Waals surface area contributed by atoms with Crippen molar-refractivity contribution in [3.8, 4) is 0 Å². The summed E-state index contributed by atoms with van der Waals surface area (Å²) in [7, 11) is 0. The standard InChI is InChI=1S/C11H20N2S/c1-4-9(2)5-10(3)12-6-11-7-14-8-13-11/h7-10,12H,4-6H2,1-3H3. The van der Waals surface area contributed by atoms with Crippen molar-refractivity contribution in [1.29, 1.82) is 0 Å². The third-order valence-electron chi connectivity index (χ3n) is 2.57. The Bertz CT molecular complexity index is 233. The van der Waals surface area contributed by atoms with Gasteiger partial charge in [0, 0.05) is 18.0 Å². The molecule has 0 fully saturated rings. The molecule has 1 rings (SSSR count). The van der Waals surface area contributed by atoms with Crippen LogP contribution in [-0.2, 0) is 6.54 Å². The van der Waals surface area contributed by atoms with Gasteiger partial charge in [-0.2, -0.15) is 0 Å². The van der Waals surface area contributed by atoms with Crippen LogP contribution in [-0.4, -0.2) is 11.0 Å². The summed E-state index contributed by atoms with van der Waals surface area (Å²) in [6.45, 7) is 7.71. The molecule has 0 aliphatic rings. The molecule has 0 spiro atoms. The zero-order chi connectivity index (χ0) is 10.4. The molecule has 2 atom stereocenters. The molecule has 2 nitrogen and oxygen atoms in total. The molecule has 3 heteroatoms. The van der Waals surface area contributed by atoms with Crippen LogP contribution in [0.3, 0.4) is 0 Å². The molecule has 0 saturated carbocycles. The fourth-order valence-corrected chi connectivity index (χ4v) is 2.02. The van der Waals surface area contributed by atoms with Crippen molar-refractivity contribution in [3.63, 3.8) is 0 Å². The fraction of sp³-hybridized carbons (Fsp3) is 0.727. The zero-order valence-electron chi connectivity index (χ0n) is 9.29. The predicted molar refractivity (Wildman–Crippen MR) is 62.5 cm³/mol. The van der Waals surface area contributed by atoms with Crippen molar-refractivity contribution < 1.29 is 0 Å². The summed E-state index contributed by atoms with van der Waals surface area (Å²) in [6, 6.07) is 0.589. The second-order valence-corrected chi connectivity index (χ2v) is 4.73. The van der Waals surface area contributed by atoms with E-state index in [-0.39, 0.29) is 0 Å². The van der Waals surface area contributed by atoms with E-state index >= 15 is 0 Å². The fourth-order valence-electron chi connectivity index (χ4n) is 1.46. The molecule has 14 heavy (non-hydrogen) atoms. The van der Waals surface area contributed by atoms with E-state index in [4.69, 9.17) is 0 Å². The van der Waals surface area contributed by atoms with Crippen LogP contribution in [0.4, 0.5) is 0 Å². The van der Waals surface area contributed by atoms with Gasteiger partial charge in [0.1, 0.15) is 0 Å². The van der Waals surface area contributed by atoms with E-state index < -0.39 is 0 Å². The highest BCUT2D eigenvalue weighted by molar-refractivity contribution is 7.07. The number of aromatic nitrogens is 1. The number of hydrogen-bond acceptors (Lipinski definition) is 3. The monoisotopic (exact) mass is 212 g/mol. The van der Waals surface area contributed by atoms with Gasteiger partial charge in [0.05, 0.1) is 11.2 Å². The van der Waals surface area contributed by atoms with Crippen molar-refractivity contribution in [2.75, 3.05) is 0 Å². The first-order chi connectivity index (χ1) is 6.72. The van der Waals surface area contributed by atoms with Crippen molar-refractivity contribution in [2.24, 2.45) is 5.92 Å². The van der Waals surface area contributed by atoms with Gasteiger partial charge in [0.15, 0.2) is 0 Å². The third kappa shape index (κ3) is 4.20. The summed E-state index contributed by atoms with van der Waals surface area (Å²) in [5, 5.41) is 5.59. The normalized spacial score (nSPS) is 15.4. The molecule has 0 amide bonds. The maximum atomic E-state index is 4.24. The average molecular weight is 212 g/mol. The predicted octanol–water partition coefficient (Wildman–Crippen LogP) is 3.06. The molecule has 0 bridgehead atoms. The summed E-state index contributed by atoms with van der Waals surface area (Å²) in [4.78, 5) is 4.24. The lowest BCUT2D eigenvalue weighted by Gasteiger charge is -2.16. The van der Waals surface area contributed by atoms with Crippen LogP contribution in [0.1, 0.15) is 39.3 Å². The largest absolute Gasteiger partial charge is 0.309 e. The Labute approximate surface area is 90.8 Å². The van der Waals surface area contributed by atoms with E-state index in [1.807, 2.05) is 5.51 Å². The first kappa shape index (κ1) is 11.7. The number of thiazole rings is 1. The van der Waals surface area contributed by atoms with Crippen LogP contribution < -0.4 is 5.32 Å². The second kappa shape index (κ2) is 6.14. The van der Waals surface area contributed by atoms with E-state index in [2.05, 4.69) is 36.5 Å². The maximum Gasteiger partial charge on any atom is 0.0795 e. The number of hydrogen-bond donors (Lipinski definition) is 1. The van der Waals surface area contributed by atoms with Crippen molar-refractivity contribution in [2.45, 2.75) is 46.2 Å². The van der Waals surface area contributed by atoms with E-state index in [0.717, 1.165) is 18.2 Å². The first-order valence-electron chi connectivity index (χ1n) is 5.32. The van der Waals surface area contributed by atoms with E-state index in [1.54, 1.807) is 11.3 Å². The van der Waals surface area contributed by atoms with Gasteiger partial charge >= 0.3 is 0 Å². The summed E-state index contributed by atoms with van der Waals surface area (Å²) >= 11 is 1.66. The first-order valence-corrected chi connectivity index (χ1v) is 6.27. The molecule has 80 valence electrons. The lowest BCUT2D eigenvalue weighted by molar-refractivity contribution is 0.411. The molecule has 0 radical (unpaired) electrons. The van der Waals surface area contributed by atoms with Crippen LogP contribution in [0, 0.1) is 5.92 Å². The van der Waals surface area contributed by atoms with E-state index in [9.17, 15) is 0 Å². The smallest absolute Gasteiger partial charge is 0.0795 e. The minimum absolute atomic E-state index is 0.589. The van der Waals surface area contributed by atoms with Gasteiger partial charge in [-0.05, 0) is 19.3 Å². The molecule has 2 unspecified atom stereocenters. The Kier molecular flexibility index (Phi) is 5.12. The quantitative estimate of drug-likeness (QED) is 0.784. The van der Waals surface area contributed by atoms with Gasteiger partial charge in [-0.1, -0.05) is 20.3 Å². The van der Waals surface area contributed by atoms with Crippen LogP contribution in [0.15, 0.2) is 10.9 Å². The highest BCUT2D eigenvalue weighted by Crippen LogP contribution is 2.10. The highest BCUT2D eigenvalue weighted by atomic mass is 32.1. The van der Waals surface area contributed by atoms with Gasteiger partial charge in [0.25, 0.3) is 0 Å². The number of rotatable bonds is 6. The van der Waals surface area contributed by atoms with E-state index in [0.29, 0.717) is 6.04 Å². The SMILES string of the molecule is CCC(C)CC(C)NCc1cscn1. The Balaban J connectivity index is 2.18. The molecule has 0 saturated heterocycles. The van der Waals surface area contributed by atoms with Crippen LogP contribution in [0.25, 0.3) is 0 Å². The molecular formula is C11H20N2S. The topological polar surface area (TPSA) is 24.9 Å². The van der Waals surface area contributed by atoms with E-state index in [1.165, 1.54) is 12.8 Å². The molecule has 1 N–H and O–H groups in total. The van der Waals surface area contributed by atoms with Gasteiger partial charge in [0.2, 0.25) is 0 Å². The molecule has 1 heterocycles. The Morgan fingerprint density at radius 1 is 1.50 bits per heavy atom. The highest BCUT2D eigenvalue weighted by Gasteiger charge is 2.06. The second-order valence-electron chi connectivity index (χ2n) is 4.01. The third-order valence-corrected chi connectivity index (χ3v) is 3.20. The maximum absolute atomic E-state index is 4.24. The minimum atomic E-state index is 0.589. The lowest BCUT2D eigenvalue weighted by atomic mass is 10.0. The molecular weight excluding hydrogens is 192 g/mol. The Hall–Kier alpha value is -0.410. The van der Waals surface area contributed by atoms with Crippen molar-refractivity contribution in [3.05, 3.63) is 16.6 Å². The summed E-state index contributed by atoms with van der Waals surface area (Å²) in [5.41, 5.74) is 3.04. The van der Waals surface area contributed by atoms with Gasteiger partial charge in [-0.3, -0.25) is 0 Å². The molecule has 1 aromatic rings. The summed E-state index contributed by atoms with van der Waals surface area (Å²) in [6.07, 6.45) is 2.52. The van der Waals surface area contributed by atoms with Crippen molar-refractivity contribution in [1.82, 2.24) is 10.3 Å². The zero-order valence-corrected chi connectivity index (χ0v) is 10.1. The van der Waals surface area contributed by atoms with Gasteiger partial charge in [-0.15, -0.1) is 11.3 Å². The Morgan fingerprint density at radius 2 is 2.29 bits per heavy atom. The molecule has 0 aliphatic carbocycles. The molecule has 1 aromatic heterocycles. The molecule has 0 aliphatic heterocycles. The average Bonchev–Trinajstić information content (AvgIpc) is 2.67. The summed E-state index contributed by atoms with van der Waals surface area (Å²) in [5.74, 6) is 0.813. The number of nitrogens with one attached hydrogen (secondary N) is 1. The van der Waals surface area contributed by atoms with Crippen LogP contribution >= 0.6 is 11.3 Å². The van der Waals surface area contributed by atoms with Gasteiger partial charge < -0.3 is 5.32 Å². The summed E-state index contributed by atoms with van der Waals surface area (Å²) < 4.78 is 0. The lowest BCUT2D eigenvalue weighted by Crippen LogP contribution is -2.27.